The summed E-state index contributed by atoms with van der Waals surface area (Å²) in [5.41, 5.74) is 0.294. The Morgan fingerprint density at radius 2 is 2.16 bits per heavy atom. The van der Waals surface area contributed by atoms with Gasteiger partial charge >= 0.3 is 0 Å². The molecule has 142 valence electrons. The molecule has 6 nitrogen and oxygen atoms in total. The van der Waals surface area contributed by atoms with E-state index in [-0.39, 0.29) is 30.5 Å². The standard InChI is InChI=1S/C18H29N3O3.HI/c1-4-19-17(20-10-7-15-8-11-23-12-9-15)21-13-18(3,22)16-6-5-14(2)24-16;/h5-6,8,22H,4,7,9-13H2,1-3H3,(H2,19,20,21);1H. The van der Waals surface area contributed by atoms with E-state index >= 15 is 0 Å². The molecule has 0 radical (unpaired) electrons. The maximum atomic E-state index is 10.6. The lowest BCUT2D eigenvalue weighted by Gasteiger charge is -2.20. The van der Waals surface area contributed by atoms with E-state index in [1.54, 1.807) is 13.0 Å². The van der Waals surface area contributed by atoms with Gasteiger partial charge in [0.1, 0.15) is 17.1 Å². The van der Waals surface area contributed by atoms with Gasteiger partial charge in [-0.3, -0.25) is 0 Å². The monoisotopic (exact) mass is 463 g/mol. The van der Waals surface area contributed by atoms with Gasteiger partial charge < -0.3 is 24.9 Å². The third-order valence-corrected chi connectivity index (χ3v) is 3.96. The van der Waals surface area contributed by atoms with Crippen LogP contribution in [-0.4, -0.2) is 43.9 Å². The van der Waals surface area contributed by atoms with Crippen LogP contribution in [0.1, 0.15) is 38.2 Å². The van der Waals surface area contributed by atoms with Gasteiger partial charge in [0.2, 0.25) is 0 Å². The smallest absolute Gasteiger partial charge is 0.191 e. The second-order valence-corrected chi connectivity index (χ2v) is 6.24. The SMILES string of the molecule is CCNC(=NCC(C)(O)c1ccc(C)o1)NCCC1=CCOCC1.I. The third kappa shape index (κ3) is 7.37. The molecule has 3 N–H and O–H groups in total. The molecule has 1 aliphatic heterocycles. The van der Waals surface area contributed by atoms with Crippen molar-refractivity contribution in [3.05, 3.63) is 35.3 Å². The number of hydrogen-bond acceptors (Lipinski definition) is 4. The summed E-state index contributed by atoms with van der Waals surface area (Å²) in [5.74, 6) is 2.02. The van der Waals surface area contributed by atoms with Gasteiger partial charge in [-0.15, -0.1) is 24.0 Å². The highest BCUT2D eigenvalue weighted by atomic mass is 127. The maximum Gasteiger partial charge on any atom is 0.191 e. The average Bonchev–Trinajstić information content (AvgIpc) is 3.01. The number of rotatable bonds is 7. The number of nitrogens with zero attached hydrogens (tertiary/aromatic N) is 1. The Morgan fingerprint density at radius 3 is 2.76 bits per heavy atom. The highest BCUT2D eigenvalue weighted by molar-refractivity contribution is 14.0. The Bertz CT molecular complexity index is 582. The van der Waals surface area contributed by atoms with Gasteiger partial charge in [0, 0.05) is 13.1 Å². The minimum Gasteiger partial charge on any atom is -0.463 e. The molecule has 1 aliphatic rings. The summed E-state index contributed by atoms with van der Waals surface area (Å²) in [6.07, 6.45) is 4.13. The Morgan fingerprint density at radius 1 is 1.36 bits per heavy atom. The topological polar surface area (TPSA) is 79.0 Å². The van der Waals surface area contributed by atoms with Gasteiger partial charge in [-0.05, 0) is 45.7 Å². The molecule has 0 aliphatic carbocycles. The number of guanidine groups is 1. The second-order valence-electron chi connectivity index (χ2n) is 6.24. The van der Waals surface area contributed by atoms with Crippen LogP contribution >= 0.6 is 24.0 Å². The van der Waals surface area contributed by atoms with Gasteiger partial charge in [0.15, 0.2) is 5.96 Å². The predicted octanol–water partition coefficient (Wildman–Crippen LogP) is 2.71. The first kappa shape index (κ1) is 22.0. The number of ether oxygens (including phenoxy) is 1. The number of furan rings is 1. The fourth-order valence-corrected chi connectivity index (χ4v) is 2.51. The van der Waals surface area contributed by atoms with Crippen LogP contribution in [0, 0.1) is 6.92 Å². The van der Waals surface area contributed by atoms with Gasteiger partial charge in [-0.2, -0.15) is 0 Å². The molecular formula is C18H30IN3O3. The fourth-order valence-electron chi connectivity index (χ4n) is 2.51. The van der Waals surface area contributed by atoms with Crippen LogP contribution in [0.25, 0.3) is 0 Å². The number of nitrogens with one attached hydrogen (secondary N) is 2. The lowest BCUT2D eigenvalue weighted by molar-refractivity contribution is 0.0428. The molecule has 1 aromatic heterocycles. The van der Waals surface area contributed by atoms with Crippen molar-refractivity contribution >= 4 is 29.9 Å². The van der Waals surface area contributed by atoms with E-state index in [4.69, 9.17) is 9.15 Å². The van der Waals surface area contributed by atoms with E-state index in [0.717, 1.165) is 44.9 Å². The van der Waals surface area contributed by atoms with Gasteiger partial charge in [-0.1, -0.05) is 11.6 Å². The fraction of sp³-hybridized carbons (Fsp3) is 0.611. The Hall–Kier alpha value is -1.06. The van der Waals surface area contributed by atoms with Crippen molar-refractivity contribution in [2.24, 2.45) is 4.99 Å². The summed E-state index contributed by atoms with van der Waals surface area (Å²) in [6.45, 7) is 8.92. The quantitative estimate of drug-likeness (QED) is 0.251. The van der Waals surface area contributed by atoms with Crippen LogP contribution in [0.3, 0.4) is 0 Å². The minimum absolute atomic E-state index is 0. The van der Waals surface area contributed by atoms with Crippen LogP contribution in [-0.2, 0) is 10.3 Å². The molecule has 25 heavy (non-hydrogen) atoms. The van der Waals surface area contributed by atoms with E-state index in [9.17, 15) is 5.11 Å². The summed E-state index contributed by atoms with van der Waals surface area (Å²) >= 11 is 0. The van der Waals surface area contributed by atoms with E-state index in [1.165, 1.54) is 5.57 Å². The van der Waals surface area contributed by atoms with Crippen molar-refractivity contribution in [3.63, 3.8) is 0 Å². The third-order valence-electron chi connectivity index (χ3n) is 3.96. The summed E-state index contributed by atoms with van der Waals surface area (Å²) in [5, 5.41) is 17.1. The number of aliphatic imine (C=N–C) groups is 1. The molecule has 0 aromatic carbocycles. The lowest BCUT2D eigenvalue weighted by atomic mass is 10.0. The van der Waals surface area contributed by atoms with E-state index in [1.807, 2.05) is 19.9 Å². The van der Waals surface area contributed by atoms with E-state index in [2.05, 4.69) is 21.7 Å². The van der Waals surface area contributed by atoms with Crippen molar-refractivity contribution < 1.29 is 14.3 Å². The zero-order valence-electron chi connectivity index (χ0n) is 15.3. The summed E-state index contributed by atoms with van der Waals surface area (Å²) < 4.78 is 10.8. The van der Waals surface area contributed by atoms with Crippen LogP contribution in [0.15, 0.2) is 33.2 Å². The molecule has 2 heterocycles. The molecule has 0 amide bonds. The molecule has 1 unspecified atom stereocenters. The zero-order valence-corrected chi connectivity index (χ0v) is 17.6. The second kappa shape index (κ2) is 10.8. The molecule has 2 rings (SSSR count). The molecule has 0 saturated heterocycles. The molecule has 1 aromatic rings. The largest absolute Gasteiger partial charge is 0.463 e. The maximum absolute atomic E-state index is 10.6. The summed E-state index contributed by atoms with van der Waals surface area (Å²) in [6, 6.07) is 3.64. The first-order valence-electron chi connectivity index (χ1n) is 8.58. The molecule has 0 bridgehead atoms. The van der Waals surface area contributed by atoms with Crippen LogP contribution in [0.2, 0.25) is 0 Å². The van der Waals surface area contributed by atoms with E-state index < -0.39 is 5.60 Å². The van der Waals surface area contributed by atoms with Crippen LogP contribution < -0.4 is 10.6 Å². The summed E-state index contributed by atoms with van der Waals surface area (Å²) in [7, 11) is 0. The van der Waals surface area contributed by atoms with Gasteiger partial charge in [0.05, 0.1) is 19.8 Å². The molecule has 0 saturated carbocycles. The Labute approximate surface area is 167 Å². The number of halogens is 1. The first-order chi connectivity index (χ1) is 11.5. The number of aryl methyl sites for hydroxylation is 1. The van der Waals surface area contributed by atoms with Crippen molar-refractivity contribution in [1.82, 2.24) is 10.6 Å². The van der Waals surface area contributed by atoms with E-state index in [0.29, 0.717) is 11.7 Å². The molecule has 0 spiro atoms. The van der Waals surface area contributed by atoms with Crippen molar-refractivity contribution in [2.45, 2.75) is 39.2 Å². The molecule has 7 heteroatoms. The predicted molar refractivity (Wildman–Crippen MR) is 111 cm³/mol. The molecule has 0 fully saturated rings. The van der Waals surface area contributed by atoms with Gasteiger partial charge in [-0.25, -0.2) is 4.99 Å². The van der Waals surface area contributed by atoms with Crippen LogP contribution in [0.5, 0.6) is 0 Å². The average molecular weight is 463 g/mol. The number of hydrogen-bond donors (Lipinski definition) is 3. The van der Waals surface area contributed by atoms with Crippen molar-refractivity contribution in [3.8, 4) is 0 Å². The highest BCUT2D eigenvalue weighted by Gasteiger charge is 2.26. The zero-order chi connectivity index (χ0) is 17.4. The number of aliphatic hydroxyl groups is 1. The minimum atomic E-state index is -1.13. The van der Waals surface area contributed by atoms with Crippen molar-refractivity contribution in [1.29, 1.82) is 0 Å². The van der Waals surface area contributed by atoms with Crippen LogP contribution in [0.4, 0.5) is 0 Å². The molecule has 1 atom stereocenters. The normalized spacial score (nSPS) is 17.3. The summed E-state index contributed by atoms with van der Waals surface area (Å²) in [4.78, 5) is 4.49. The molecular weight excluding hydrogens is 433 g/mol. The Balaban J connectivity index is 0.00000312. The van der Waals surface area contributed by atoms with Crippen molar-refractivity contribution in [2.75, 3.05) is 32.8 Å². The van der Waals surface area contributed by atoms with Gasteiger partial charge in [0.25, 0.3) is 0 Å². The lowest BCUT2D eigenvalue weighted by Crippen LogP contribution is -2.39. The Kier molecular flexibility index (Phi) is 9.52. The highest BCUT2D eigenvalue weighted by Crippen LogP contribution is 2.23. The first-order valence-corrected chi connectivity index (χ1v) is 8.58.